The van der Waals surface area contributed by atoms with E-state index >= 15 is 0 Å². The predicted molar refractivity (Wildman–Crippen MR) is 47.5 cm³/mol. The maximum atomic E-state index is 3.08. The SMILES string of the molecule is CCCCC1=CNC=CS1. The van der Waals surface area contributed by atoms with Crippen molar-refractivity contribution in [1.82, 2.24) is 5.32 Å². The van der Waals surface area contributed by atoms with E-state index < -0.39 is 0 Å². The average molecular weight is 155 g/mol. The fourth-order valence-corrected chi connectivity index (χ4v) is 1.54. The lowest BCUT2D eigenvalue weighted by molar-refractivity contribution is 0.805. The summed E-state index contributed by atoms with van der Waals surface area (Å²) < 4.78 is 0. The Morgan fingerprint density at radius 3 is 3.10 bits per heavy atom. The highest BCUT2D eigenvalue weighted by Crippen LogP contribution is 2.23. The molecule has 1 aliphatic heterocycles. The lowest BCUT2D eigenvalue weighted by Crippen LogP contribution is -1.97. The zero-order valence-electron chi connectivity index (χ0n) is 6.26. The number of thioether (sulfide) groups is 1. The third-order valence-corrected chi connectivity index (χ3v) is 2.30. The molecule has 0 radical (unpaired) electrons. The van der Waals surface area contributed by atoms with Crippen molar-refractivity contribution < 1.29 is 0 Å². The lowest BCUT2D eigenvalue weighted by atomic mass is 10.2. The highest BCUT2D eigenvalue weighted by Gasteiger charge is 1.97. The first-order chi connectivity index (χ1) is 4.93. The Morgan fingerprint density at radius 2 is 2.50 bits per heavy atom. The molecule has 0 saturated heterocycles. The van der Waals surface area contributed by atoms with Crippen LogP contribution in [0.5, 0.6) is 0 Å². The first-order valence-electron chi connectivity index (χ1n) is 3.70. The van der Waals surface area contributed by atoms with Crippen molar-refractivity contribution in [2.45, 2.75) is 26.2 Å². The first-order valence-corrected chi connectivity index (χ1v) is 4.58. The van der Waals surface area contributed by atoms with Gasteiger partial charge in [-0.25, -0.2) is 0 Å². The minimum atomic E-state index is 1.22. The number of unbranched alkanes of at least 4 members (excludes halogenated alkanes) is 1. The van der Waals surface area contributed by atoms with Gasteiger partial charge in [-0.2, -0.15) is 0 Å². The molecule has 1 aliphatic rings. The van der Waals surface area contributed by atoms with Crippen molar-refractivity contribution in [2.75, 3.05) is 0 Å². The van der Waals surface area contributed by atoms with E-state index in [1.165, 1.54) is 24.2 Å². The second-order valence-corrected chi connectivity index (χ2v) is 3.33. The normalized spacial score (nSPS) is 16.3. The molecule has 0 bridgehead atoms. The van der Waals surface area contributed by atoms with Crippen molar-refractivity contribution in [1.29, 1.82) is 0 Å². The largest absolute Gasteiger partial charge is 0.366 e. The second kappa shape index (κ2) is 4.45. The highest BCUT2D eigenvalue weighted by atomic mass is 32.2. The zero-order chi connectivity index (χ0) is 7.23. The average Bonchev–Trinajstić information content (AvgIpc) is 2.03. The Balaban J connectivity index is 2.21. The molecule has 0 atom stereocenters. The third kappa shape index (κ3) is 2.48. The number of hydrogen-bond acceptors (Lipinski definition) is 2. The van der Waals surface area contributed by atoms with E-state index in [9.17, 15) is 0 Å². The van der Waals surface area contributed by atoms with Crippen LogP contribution in [0.4, 0.5) is 0 Å². The van der Waals surface area contributed by atoms with Crippen LogP contribution >= 0.6 is 11.8 Å². The van der Waals surface area contributed by atoms with Crippen LogP contribution in [0.3, 0.4) is 0 Å². The van der Waals surface area contributed by atoms with Crippen LogP contribution < -0.4 is 5.32 Å². The molecular formula is C8H13NS. The Morgan fingerprint density at radius 1 is 1.60 bits per heavy atom. The molecule has 0 aliphatic carbocycles. The fourth-order valence-electron chi connectivity index (χ4n) is 0.818. The van der Waals surface area contributed by atoms with E-state index in [1.807, 2.05) is 18.0 Å². The van der Waals surface area contributed by atoms with E-state index in [0.29, 0.717) is 0 Å². The van der Waals surface area contributed by atoms with Crippen molar-refractivity contribution in [2.24, 2.45) is 0 Å². The summed E-state index contributed by atoms with van der Waals surface area (Å²) in [5, 5.41) is 5.17. The summed E-state index contributed by atoms with van der Waals surface area (Å²) in [6.45, 7) is 2.22. The summed E-state index contributed by atoms with van der Waals surface area (Å²) in [5.74, 6) is 0. The summed E-state index contributed by atoms with van der Waals surface area (Å²) in [5.41, 5.74) is 0. The van der Waals surface area contributed by atoms with Gasteiger partial charge < -0.3 is 5.32 Å². The smallest absolute Gasteiger partial charge is 0.0104 e. The Labute approximate surface area is 66.6 Å². The van der Waals surface area contributed by atoms with Gasteiger partial charge in [-0.3, -0.25) is 0 Å². The van der Waals surface area contributed by atoms with Gasteiger partial charge >= 0.3 is 0 Å². The maximum Gasteiger partial charge on any atom is 0.0104 e. The van der Waals surface area contributed by atoms with Gasteiger partial charge in [0.05, 0.1) is 0 Å². The molecule has 1 N–H and O–H groups in total. The second-order valence-electron chi connectivity index (χ2n) is 2.30. The summed E-state index contributed by atoms with van der Waals surface area (Å²) in [6.07, 6.45) is 7.84. The van der Waals surface area contributed by atoms with Gasteiger partial charge in [-0.15, -0.1) is 0 Å². The Bertz CT molecular complexity index is 149. The van der Waals surface area contributed by atoms with Gasteiger partial charge in [-0.05, 0) is 18.2 Å². The van der Waals surface area contributed by atoms with Gasteiger partial charge in [0, 0.05) is 17.3 Å². The number of allylic oxidation sites excluding steroid dienone is 1. The monoisotopic (exact) mass is 155 g/mol. The van der Waals surface area contributed by atoms with Crippen molar-refractivity contribution in [3.63, 3.8) is 0 Å². The molecule has 0 aromatic carbocycles. The molecule has 0 spiro atoms. The third-order valence-electron chi connectivity index (χ3n) is 1.40. The van der Waals surface area contributed by atoms with E-state index in [1.54, 1.807) is 0 Å². The summed E-state index contributed by atoms with van der Waals surface area (Å²) in [6, 6.07) is 0. The summed E-state index contributed by atoms with van der Waals surface area (Å²) in [7, 11) is 0. The molecule has 0 saturated carbocycles. The molecule has 0 amide bonds. The molecule has 1 nitrogen and oxygen atoms in total. The molecule has 1 heterocycles. The number of nitrogens with one attached hydrogen (secondary N) is 1. The lowest BCUT2D eigenvalue weighted by Gasteiger charge is -2.06. The van der Waals surface area contributed by atoms with E-state index in [2.05, 4.69) is 23.8 Å². The van der Waals surface area contributed by atoms with Crippen LogP contribution in [-0.4, -0.2) is 0 Å². The minimum Gasteiger partial charge on any atom is -0.366 e. The van der Waals surface area contributed by atoms with Gasteiger partial charge in [0.15, 0.2) is 0 Å². The van der Waals surface area contributed by atoms with Crippen LogP contribution in [-0.2, 0) is 0 Å². The molecule has 56 valence electrons. The van der Waals surface area contributed by atoms with Crippen LogP contribution in [0.1, 0.15) is 26.2 Å². The predicted octanol–water partition coefficient (Wildman–Crippen LogP) is 2.83. The fraction of sp³-hybridized carbons (Fsp3) is 0.500. The highest BCUT2D eigenvalue weighted by molar-refractivity contribution is 8.05. The van der Waals surface area contributed by atoms with E-state index in [4.69, 9.17) is 0 Å². The standard InChI is InChI=1S/C8H13NS/c1-2-3-4-8-7-9-5-6-10-8/h5-7,9H,2-4H2,1H3. The molecule has 0 unspecified atom stereocenters. The molecular weight excluding hydrogens is 142 g/mol. The molecule has 10 heavy (non-hydrogen) atoms. The number of hydrogen-bond donors (Lipinski definition) is 1. The van der Waals surface area contributed by atoms with Crippen LogP contribution in [0.15, 0.2) is 22.7 Å². The van der Waals surface area contributed by atoms with Gasteiger partial charge in [0.1, 0.15) is 0 Å². The van der Waals surface area contributed by atoms with Gasteiger partial charge in [0.2, 0.25) is 0 Å². The van der Waals surface area contributed by atoms with Crippen molar-refractivity contribution in [3.05, 3.63) is 22.7 Å². The number of rotatable bonds is 3. The van der Waals surface area contributed by atoms with Crippen molar-refractivity contribution in [3.8, 4) is 0 Å². The minimum absolute atomic E-state index is 1.22. The van der Waals surface area contributed by atoms with Crippen molar-refractivity contribution >= 4 is 11.8 Å². The maximum absolute atomic E-state index is 3.08. The summed E-state index contributed by atoms with van der Waals surface area (Å²) >= 11 is 1.82. The van der Waals surface area contributed by atoms with E-state index in [0.717, 1.165) is 0 Å². The van der Waals surface area contributed by atoms with Gasteiger partial charge in [0.25, 0.3) is 0 Å². The molecule has 0 fully saturated rings. The van der Waals surface area contributed by atoms with E-state index in [-0.39, 0.29) is 0 Å². The molecule has 1 rings (SSSR count). The topological polar surface area (TPSA) is 12.0 Å². The molecule has 0 aromatic heterocycles. The Hall–Kier alpha value is -0.370. The van der Waals surface area contributed by atoms with Gasteiger partial charge in [-0.1, -0.05) is 25.1 Å². The van der Waals surface area contributed by atoms with Crippen LogP contribution in [0, 0.1) is 0 Å². The molecule has 2 heteroatoms. The molecule has 0 aromatic rings. The first kappa shape index (κ1) is 7.73. The summed E-state index contributed by atoms with van der Waals surface area (Å²) in [4.78, 5) is 1.45. The van der Waals surface area contributed by atoms with Crippen LogP contribution in [0.25, 0.3) is 0 Å². The Kier molecular flexibility index (Phi) is 3.44. The van der Waals surface area contributed by atoms with Crippen LogP contribution in [0.2, 0.25) is 0 Å². The quantitative estimate of drug-likeness (QED) is 0.672. The zero-order valence-corrected chi connectivity index (χ0v) is 7.08.